The van der Waals surface area contributed by atoms with Gasteiger partial charge in [-0.1, -0.05) is 18.2 Å². The molecule has 0 spiro atoms. The number of Topliss-reactive ketones (excluding diaryl/α,β-unsaturated/α-hetero) is 1. The Kier molecular flexibility index (Phi) is 3.26. The van der Waals surface area contributed by atoms with Gasteiger partial charge in [0.15, 0.2) is 5.78 Å². The van der Waals surface area contributed by atoms with Crippen LogP contribution in [0.4, 0.5) is 4.39 Å². The number of benzene rings is 2. The zero-order valence-corrected chi connectivity index (χ0v) is 11.2. The zero-order valence-electron chi connectivity index (χ0n) is 11.2. The van der Waals surface area contributed by atoms with E-state index in [1.54, 1.807) is 13.0 Å². The van der Waals surface area contributed by atoms with E-state index < -0.39 is 0 Å². The first-order chi connectivity index (χ1) is 9.65. The normalized spacial score (nSPS) is 17.2. The Morgan fingerprint density at radius 1 is 1.25 bits per heavy atom. The molecule has 0 amide bonds. The molecular formula is C17H15FO2. The second-order valence-corrected chi connectivity index (χ2v) is 5.14. The number of hydrogen-bond donors (Lipinski definition) is 0. The number of hydrogen-bond acceptors (Lipinski definition) is 2. The maximum atomic E-state index is 13.1. The molecule has 20 heavy (non-hydrogen) atoms. The molecule has 0 aromatic heterocycles. The van der Waals surface area contributed by atoms with Crippen LogP contribution in [0.1, 0.15) is 21.5 Å². The third-order valence-corrected chi connectivity index (χ3v) is 3.70. The van der Waals surface area contributed by atoms with Gasteiger partial charge in [0.1, 0.15) is 11.6 Å². The zero-order chi connectivity index (χ0) is 14.1. The van der Waals surface area contributed by atoms with Gasteiger partial charge in [-0.3, -0.25) is 4.79 Å². The summed E-state index contributed by atoms with van der Waals surface area (Å²) >= 11 is 0. The summed E-state index contributed by atoms with van der Waals surface area (Å²) in [6.45, 7) is 2.14. The molecule has 2 aromatic rings. The van der Waals surface area contributed by atoms with Gasteiger partial charge in [-0.05, 0) is 48.7 Å². The first-order valence-electron chi connectivity index (χ1n) is 6.66. The van der Waals surface area contributed by atoms with Crippen molar-refractivity contribution in [1.82, 2.24) is 0 Å². The smallest absolute Gasteiger partial charge is 0.169 e. The molecule has 0 radical (unpaired) electrons. The van der Waals surface area contributed by atoms with Crippen LogP contribution in [-0.2, 0) is 6.42 Å². The van der Waals surface area contributed by atoms with Crippen LogP contribution < -0.4 is 4.74 Å². The summed E-state index contributed by atoms with van der Waals surface area (Å²) in [5.41, 5.74) is 2.31. The van der Waals surface area contributed by atoms with Gasteiger partial charge in [0.2, 0.25) is 0 Å². The van der Waals surface area contributed by atoms with Gasteiger partial charge in [-0.2, -0.15) is 0 Å². The van der Waals surface area contributed by atoms with E-state index in [1.165, 1.54) is 12.1 Å². The standard InChI is InChI=1S/C17H15FO2/c1-11-8-14(18)6-7-15(11)17(19)13-9-12-4-2-3-5-16(12)20-10-13/h2-8,13H,9-10H2,1H3. The molecule has 3 heteroatoms. The topological polar surface area (TPSA) is 26.3 Å². The summed E-state index contributed by atoms with van der Waals surface area (Å²) in [5.74, 6) is 0.364. The van der Waals surface area contributed by atoms with Crippen LogP contribution in [0.2, 0.25) is 0 Å². The van der Waals surface area contributed by atoms with E-state index in [0.717, 1.165) is 11.3 Å². The number of carbonyl (C=O) groups excluding carboxylic acids is 1. The number of ketones is 1. The summed E-state index contributed by atoms with van der Waals surface area (Å²) < 4.78 is 18.8. The molecule has 0 saturated carbocycles. The summed E-state index contributed by atoms with van der Waals surface area (Å²) in [5, 5.41) is 0. The number of rotatable bonds is 2. The maximum Gasteiger partial charge on any atom is 0.169 e. The number of fused-ring (bicyclic) bond motifs is 1. The van der Waals surface area contributed by atoms with Gasteiger partial charge in [0, 0.05) is 5.56 Å². The molecule has 2 aromatic carbocycles. The van der Waals surface area contributed by atoms with Crippen molar-refractivity contribution in [1.29, 1.82) is 0 Å². The van der Waals surface area contributed by atoms with Crippen LogP contribution in [0.3, 0.4) is 0 Å². The lowest BCUT2D eigenvalue weighted by atomic mass is 9.88. The highest BCUT2D eigenvalue weighted by Gasteiger charge is 2.27. The second-order valence-electron chi connectivity index (χ2n) is 5.14. The van der Waals surface area contributed by atoms with Crippen LogP contribution in [0.25, 0.3) is 0 Å². The molecule has 102 valence electrons. The summed E-state index contributed by atoms with van der Waals surface area (Å²) in [4.78, 5) is 12.5. The number of aryl methyl sites for hydroxylation is 1. The Morgan fingerprint density at radius 3 is 2.85 bits per heavy atom. The average Bonchev–Trinajstić information content (AvgIpc) is 2.46. The lowest BCUT2D eigenvalue weighted by Gasteiger charge is -2.24. The Bertz CT molecular complexity index is 664. The Morgan fingerprint density at radius 2 is 2.05 bits per heavy atom. The number of para-hydroxylation sites is 1. The van der Waals surface area contributed by atoms with Crippen molar-refractivity contribution in [3.63, 3.8) is 0 Å². The molecular weight excluding hydrogens is 255 g/mol. The number of carbonyl (C=O) groups is 1. The van der Waals surface area contributed by atoms with Gasteiger partial charge in [-0.15, -0.1) is 0 Å². The van der Waals surface area contributed by atoms with Crippen molar-refractivity contribution in [3.05, 3.63) is 65.0 Å². The molecule has 1 atom stereocenters. The first kappa shape index (κ1) is 12.9. The highest BCUT2D eigenvalue weighted by Crippen LogP contribution is 2.29. The van der Waals surface area contributed by atoms with Gasteiger partial charge >= 0.3 is 0 Å². The highest BCUT2D eigenvalue weighted by atomic mass is 19.1. The third kappa shape index (κ3) is 2.31. The minimum atomic E-state index is -0.315. The third-order valence-electron chi connectivity index (χ3n) is 3.70. The van der Waals surface area contributed by atoms with Crippen molar-refractivity contribution >= 4 is 5.78 Å². The van der Waals surface area contributed by atoms with Gasteiger partial charge in [0.05, 0.1) is 12.5 Å². The predicted octanol–water partition coefficient (Wildman–Crippen LogP) is 3.57. The van der Waals surface area contributed by atoms with Crippen molar-refractivity contribution < 1.29 is 13.9 Å². The summed E-state index contributed by atoms with van der Waals surface area (Å²) in [6.07, 6.45) is 0.672. The quantitative estimate of drug-likeness (QED) is 0.780. The van der Waals surface area contributed by atoms with E-state index in [0.29, 0.717) is 24.2 Å². The lowest BCUT2D eigenvalue weighted by molar-refractivity contribution is 0.0854. The molecule has 2 nitrogen and oxygen atoms in total. The minimum absolute atomic E-state index is 0.0250. The van der Waals surface area contributed by atoms with Crippen LogP contribution in [0.15, 0.2) is 42.5 Å². The van der Waals surface area contributed by atoms with Crippen molar-refractivity contribution in [2.75, 3.05) is 6.61 Å². The van der Waals surface area contributed by atoms with E-state index in [-0.39, 0.29) is 17.5 Å². The summed E-state index contributed by atoms with van der Waals surface area (Å²) in [7, 11) is 0. The van der Waals surface area contributed by atoms with E-state index in [2.05, 4.69) is 0 Å². The SMILES string of the molecule is Cc1cc(F)ccc1C(=O)C1COc2ccccc2C1. The van der Waals surface area contributed by atoms with E-state index in [9.17, 15) is 9.18 Å². The van der Waals surface area contributed by atoms with E-state index in [1.807, 2.05) is 24.3 Å². The van der Waals surface area contributed by atoms with E-state index >= 15 is 0 Å². The van der Waals surface area contributed by atoms with Crippen LogP contribution in [-0.4, -0.2) is 12.4 Å². The monoisotopic (exact) mass is 270 g/mol. The van der Waals surface area contributed by atoms with Gasteiger partial charge in [-0.25, -0.2) is 4.39 Å². The summed E-state index contributed by atoms with van der Waals surface area (Å²) in [6, 6.07) is 12.0. The number of ether oxygens (including phenoxy) is 1. The molecule has 0 bridgehead atoms. The van der Waals surface area contributed by atoms with Crippen molar-refractivity contribution in [2.45, 2.75) is 13.3 Å². The fourth-order valence-corrected chi connectivity index (χ4v) is 2.62. The van der Waals surface area contributed by atoms with Crippen molar-refractivity contribution in [2.24, 2.45) is 5.92 Å². The molecule has 0 aliphatic carbocycles. The first-order valence-corrected chi connectivity index (χ1v) is 6.66. The lowest BCUT2D eigenvalue weighted by Crippen LogP contribution is -2.28. The number of halogens is 1. The Balaban J connectivity index is 1.86. The maximum absolute atomic E-state index is 13.1. The largest absolute Gasteiger partial charge is 0.493 e. The molecule has 0 N–H and O–H groups in total. The Labute approximate surface area is 117 Å². The highest BCUT2D eigenvalue weighted by molar-refractivity contribution is 5.99. The molecule has 1 aliphatic heterocycles. The van der Waals surface area contributed by atoms with Crippen LogP contribution >= 0.6 is 0 Å². The second kappa shape index (κ2) is 5.08. The molecule has 0 saturated heterocycles. The minimum Gasteiger partial charge on any atom is -0.493 e. The predicted molar refractivity (Wildman–Crippen MR) is 74.6 cm³/mol. The van der Waals surface area contributed by atoms with Crippen molar-refractivity contribution in [3.8, 4) is 5.75 Å². The molecule has 1 aliphatic rings. The average molecular weight is 270 g/mol. The Hall–Kier alpha value is -2.16. The van der Waals surface area contributed by atoms with Gasteiger partial charge in [0.25, 0.3) is 0 Å². The molecule has 0 fully saturated rings. The van der Waals surface area contributed by atoms with E-state index in [4.69, 9.17) is 4.74 Å². The van der Waals surface area contributed by atoms with Crippen LogP contribution in [0.5, 0.6) is 5.75 Å². The van der Waals surface area contributed by atoms with Gasteiger partial charge < -0.3 is 4.74 Å². The fraction of sp³-hybridized carbons (Fsp3) is 0.235. The molecule has 3 rings (SSSR count). The molecule has 1 heterocycles. The van der Waals surface area contributed by atoms with Crippen LogP contribution in [0, 0.1) is 18.7 Å². The fourth-order valence-electron chi connectivity index (χ4n) is 2.62. The molecule has 1 unspecified atom stereocenters.